The Bertz CT molecular complexity index is 85.3. The summed E-state index contributed by atoms with van der Waals surface area (Å²) < 4.78 is 13.4. The summed E-state index contributed by atoms with van der Waals surface area (Å²) in [5.74, 6) is 0. The van der Waals surface area contributed by atoms with Crippen LogP contribution in [-0.2, 0) is 9.09 Å². The molecule has 8 heavy (non-hydrogen) atoms. The molecule has 0 aromatic carbocycles. The molecule has 5 heteroatoms. The minimum Gasteiger partial charge on any atom is -0.756 e. The summed E-state index contributed by atoms with van der Waals surface area (Å²) in [7, 11) is -4.42. The number of phosphoric acid groups is 1. The van der Waals surface area contributed by atoms with Crippen molar-refractivity contribution in [1.82, 2.24) is 0 Å². The molecule has 0 aliphatic carbocycles. The highest BCUT2D eigenvalue weighted by atomic mass is 31.2. The minimum atomic E-state index is -4.42. The highest BCUT2D eigenvalue weighted by Gasteiger charge is 1.95. The molecule has 0 saturated carbocycles. The predicted octanol–water partition coefficient (Wildman–Crippen LogP) is 0.120. The third-order valence-corrected chi connectivity index (χ3v) is 0.877. The van der Waals surface area contributed by atoms with Crippen molar-refractivity contribution in [3.05, 3.63) is 0 Å². The Morgan fingerprint density at radius 3 is 2.25 bits per heavy atom. The lowest BCUT2D eigenvalue weighted by molar-refractivity contribution is -0.219. The van der Waals surface area contributed by atoms with Crippen LogP contribution in [0.2, 0.25) is 0 Å². The molecular formula is C3H10O4P-. The topological polar surface area (TPSA) is 69.6 Å². The van der Waals surface area contributed by atoms with Crippen LogP contribution in [0, 0.1) is 0 Å². The van der Waals surface area contributed by atoms with Crippen LogP contribution in [0.25, 0.3) is 0 Å². The fraction of sp³-hybridized carbons (Fsp3) is 1.00. The Kier molecular flexibility index (Phi) is 5.54. The van der Waals surface area contributed by atoms with Crippen LogP contribution >= 0.6 is 7.82 Å². The first kappa shape index (κ1) is 11.0. The zero-order chi connectivity index (χ0) is 5.91. The molecule has 1 N–H and O–H groups in total. The molecule has 0 saturated heterocycles. The maximum absolute atomic E-state index is 9.59. The lowest BCUT2D eigenvalue weighted by Gasteiger charge is -2.12. The van der Waals surface area contributed by atoms with E-state index in [2.05, 4.69) is 4.52 Å². The van der Waals surface area contributed by atoms with E-state index in [0.29, 0.717) is 0 Å². The van der Waals surface area contributed by atoms with Gasteiger partial charge in [0.2, 0.25) is 0 Å². The molecule has 0 amide bonds. The van der Waals surface area contributed by atoms with E-state index >= 15 is 0 Å². The highest BCUT2D eigenvalue weighted by Crippen LogP contribution is 2.29. The number of phosphoric ester groups is 1. The van der Waals surface area contributed by atoms with Crippen LogP contribution in [-0.4, -0.2) is 11.5 Å². The van der Waals surface area contributed by atoms with Crippen LogP contribution in [0.5, 0.6) is 0 Å². The van der Waals surface area contributed by atoms with Crippen molar-refractivity contribution in [3.63, 3.8) is 0 Å². The van der Waals surface area contributed by atoms with E-state index < -0.39 is 7.82 Å². The summed E-state index contributed by atoms with van der Waals surface area (Å²) in [6.07, 6.45) is 0. The largest absolute Gasteiger partial charge is 0.756 e. The zero-order valence-corrected chi connectivity index (χ0v) is 4.72. The summed E-state index contributed by atoms with van der Waals surface area (Å²) in [5, 5.41) is 0. The molecule has 52 valence electrons. The zero-order valence-electron chi connectivity index (χ0n) is 3.83. The van der Waals surface area contributed by atoms with E-state index in [4.69, 9.17) is 4.89 Å². The van der Waals surface area contributed by atoms with Crippen LogP contribution in [0.4, 0.5) is 0 Å². The van der Waals surface area contributed by atoms with Crippen molar-refractivity contribution in [2.24, 2.45) is 0 Å². The average molecular weight is 141 g/mol. The van der Waals surface area contributed by atoms with Gasteiger partial charge in [0.1, 0.15) is 0 Å². The lowest BCUT2D eigenvalue weighted by Crippen LogP contribution is -2.02. The SMILES string of the molecule is C.CCOP(=O)([O-])O. The number of hydrogen-bond donors (Lipinski definition) is 1. The average Bonchev–Trinajstić information content (AvgIpc) is 1.30. The molecule has 0 heterocycles. The van der Waals surface area contributed by atoms with Gasteiger partial charge in [-0.2, -0.15) is 0 Å². The Balaban J connectivity index is 0. The van der Waals surface area contributed by atoms with E-state index in [1.54, 1.807) is 0 Å². The summed E-state index contributed by atoms with van der Waals surface area (Å²) in [4.78, 5) is 17.4. The van der Waals surface area contributed by atoms with Crippen molar-refractivity contribution in [3.8, 4) is 0 Å². The molecular weight excluding hydrogens is 131 g/mol. The fourth-order valence-corrected chi connectivity index (χ4v) is 0.489. The molecule has 0 aromatic rings. The first-order valence-electron chi connectivity index (χ1n) is 1.74. The van der Waals surface area contributed by atoms with E-state index in [0.717, 1.165) is 0 Å². The molecule has 0 aliphatic rings. The van der Waals surface area contributed by atoms with Crippen LogP contribution in [0.15, 0.2) is 0 Å². The molecule has 1 atom stereocenters. The van der Waals surface area contributed by atoms with Crippen LogP contribution < -0.4 is 4.89 Å². The molecule has 0 rings (SSSR count). The quantitative estimate of drug-likeness (QED) is 0.554. The van der Waals surface area contributed by atoms with E-state index in [9.17, 15) is 9.46 Å². The Labute approximate surface area is 48.7 Å². The molecule has 0 fully saturated rings. The molecule has 0 bridgehead atoms. The van der Waals surface area contributed by atoms with Gasteiger partial charge in [-0.15, -0.1) is 0 Å². The molecule has 4 nitrogen and oxygen atoms in total. The third kappa shape index (κ3) is 9.44. The standard InChI is InChI=1S/C2H7O4P.CH4/c1-2-6-7(3,4)5;/h2H2,1H3,(H2,3,4,5);1H4/p-1. The molecule has 1 unspecified atom stereocenters. The second-order valence-corrected chi connectivity index (χ2v) is 2.08. The second-order valence-electron chi connectivity index (χ2n) is 0.886. The van der Waals surface area contributed by atoms with Crippen molar-refractivity contribution in [2.45, 2.75) is 14.4 Å². The fourth-order valence-electron chi connectivity index (χ4n) is 0.163. The van der Waals surface area contributed by atoms with Gasteiger partial charge in [-0.25, -0.2) is 0 Å². The van der Waals surface area contributed by atoms with Gasteiger partial charge in [-0.05, 0) is 6.92 Å². The molecule has 0 spiro atoms. The highest BCUT2D eigenvalue weighted by molar-refractivity contribution is 7.44. The third-order valence-electron chi connectivity index (χ3n) is 0.292. The van der Waals surface area contributed by atoms with Crippen molar-refractivity contribution in [2.75, 3.05) is 6.61 Å². The molecule has 0 aromatic heterocycles. The predicted molar refractivity (Wildman–Crippen MR) is 28.2 cm³/mol. The van der Waals surface area contributed by atoms with Gasteiger partial charge in [0, 0.05) is 0 Å². The van der Waals surface area contributed by atoms with Crippen LogP contribution in [0.1, 0.15) is 14.4 Å². The normalized spacial score (nSPS) is 16.4. The van der Waals surface area contributed by atoms with E-state index in [-0.39, 0.29) is 14.0 Å². The van der Waals surface area contributed by atoms with Gasteiger partial charge in [-0.3, -0.25) is 4.57 Å². The van der Waals surface area contributed by atoms with E-state index in [1.807, 2.05) is 0 Å². The Hall–Kier alpha value is 0.110. The van der Waals surface area contributed by atoms with Gasteiger partial charge in [0.15, 0.2) is 0 Å². The summed E-state index contributed by atoms with van der Waals surface area (Å²) >= 11 is 0. The molecule has 0 aliphatic heterocycles. The van der Waals surface area contributed by atoms with Crippen molar-refractivity contribution in [1.29, 1.82) is 0 Å². The monoisotopic (exact) mass is 141 g/mol. The summed E-state index contributed by atoms with van der Waals surface area (Å²) in [5.41, 5.74) is 0. The Morgan fingerprint density at radius 1 is 1.88 bits per heavy atom. The minimum absolute atomic E-state index is 0. The second kappa shape index (κ2) is 4.04. The van der Waals surface area contributed by atoms with Gasteiger partial charge < -0.3 is 14.3 Å². The van der Waals surface area contributed by atoms with Gasteiger partial charge in [-0.1, -0.05) is 7.43 Å². The first-order valence-corrected chi connectivity index (χ1v) is 3.24. The van der Waals surface area contributed by atoms with Crippen LogP contribution in [0.3, 0.4) is 0 Å². The maximum Gasteiger partial charge on any atom is 0.265 e. The lowest BCUT2D eigenvalue weighted by atomic mass is 10.9. The number of hydrogen-bond acceptors (Lipinski definition) is 3. The number of rotatable bonds is 2. The van der Waals surface area contributed by atoms with E-state index in [1.165, 1.54) is 6.92 Å². The van der Waals surface area contributed by atoms with Gasteiger partial charge >= 0.3 is 0 Å². The summed E-state index contributed by atoms with van der Waals surface area (Å²) in [6.45, 7) is 1.46. The first-order chi connectivity index (χ1) is 3.06. The smallest absolute Gasteiger partial charge is 0.265 e. The van der Waals surface area contributed by atoms with Crippen molar-refractivity contribution < 1.29 is 18.9 Å². The van der Waals surface area contributed by atoms with Gasteiger partial charge in [0.05, 0.1) is 6.61 Å². The van der Waals surface area contributed by atoms with Crippen molar-refractivity contribution >= 4 is 7.82 Å². The summed E-state index contributed by atoms with van der Waals surface area (Å²) in [6, 6.07) is 0. The van der Waals surface area contributed by atoms with Gasteiger partial charge in [0.25, 0.3) is 7.82 Å². The molecule has 0 radical (unpaired) electrons. The Morgan fingerprint density at radius 2 is 2.25 bits per heavy atom. The maximum atomic E-state index is 9.59.